The van der Waals surface area contributed by atoms with Gasteiger partial charge in [-0.2, -0.15) is 5.26 Å². The first-order valence-corrected chi connectivity index (χ1v) is 7.35. The van der Waals surface area contributed by atoms with Crippen molar-refractivity contribution in [3.8, 4) is 22.9 Å². The second-order valence-electron chi connectivity index (χ2n) is 5.26. The summed E-state index contributed by atoms with van der Waals surface area (Å²) in [4.78, 5) is 4.29. The van der Waals surface area contributed by atoms with E-state index in [2.05, 4.69) is 21.1 Å². The van der Waals surface area contributed by atoms with Gasteiger partial charge < -0.3 is 15.8 Å². The van der Waals surface area contributed by atoms with Crippen LogP contribution in [0.3, 0.4) is 0 Å². The second kappa shape index (κ2) is 6.45. The number of nitrogens with one attached hydrogen (secondary N) is 1. The van der Waals surface area contributed by atoms with Crippen LogP contribution in [0.1, 0.15) is 11.1 Å². The molecule has 25 heavy (non-hydrogen) atoms. The molecule has 0 fully saturated rings. The van der Waals surface area contributed by atoms with E-state index in [0.717, 1.165) is 0 Å². The molecule has 0 bridgehead atoms. The average molecular weight is 346 g/mol. The van der Waals surface area contributed by atoms with E-state index < -0.39 is 6.36 Å². The zero-order valence-electron chi connectivity index (χ0n) is 12.9. The lowest BCUT2D eigenvalue weighted by Gasteiger charge is -2.20. The molecular weight excluding hydrogens is 333 g/mol. The molecule has 0 atom stereocenters. The van der Waals surface area contributed by atoms with Gasteiger partial charge in [-0.25, -0.2) is 0 Å². The van der Waals surface area contributed by atoms with Crippen molar-refractivity contribution in [3.63, 3.8) is 0 Å². The Morgan fingerprint density at radius 3 is 2.60 bits per heavy atom. The van der Waals surface area contributed by atoms with Crippen molar-refractivity contribution in [2.45, 2.75) is 12.9 Å². The van der Waals surface area contributed by atoms with Gasteiger partial charge in [0.15, 0.2) is 0 Å². The summed E-state index contributed by atoms with van der Waals surface area (Å²) in [6.07, 6.45) is -3.09. The van der Waals surface area contributed by atoms with Gasteiger partial charge in [-0.15, -0.1) is 13.2 Å². The predicted molar refractivity (Wildman–Crippen MR) is 87.8 cm³/mol. The molecule has 0 saturated carbocycles. The van der Waals surface area contributed by atoms with Crippen LogP contribution in [0.15, 0.2) is 35.3 Å². The van der Waals surface area contributed by atoms with E-state index in [0.29, 0.717) is 40.2 Å². The van der Waals surface area contributed by atoms with Crippen molar-refractivity contribution in [1.29, 1.82) is 5.26 Å². The third-order valence-corrected chi connectivity index (χ3v) is 3.70. The Bertz CT molecular complexity index is 867. The van der Waals surface area contributed by atoms with Crippen molar-refractivity contribution in [2.24, 2.45) is 10.7 Å². The third-order valence-electron chi connectivity index (χ3n) is 3.70. The fraction of sp³-hybridized carbons (Fsp3) is 0.176. The highest BCUT2D eigenvalue weighted by Crippen LogP contribution is 2.42. The normalized spacial score (nSPS) is 12.9. The Balaban J connectivity index is 2.09. The molecule has 0 aliphatic carbocycles. The average Bonchev–Trinajstić information content (AvgIpc) is 2.59. The van der Waals surface area contributed by atoms with Crippen molar-refractivity contribution in [1.82, 2.24) is 0 Å². The molecule has 0 spiro atoms. The number of halogens is 3. The van der Waals surface area contributed by atoms with Gasteiger partial charge in [0.2, 0.25) is 0 Å². The number of nitriles is 1. The van der Waals surface area contributed by atoms with Gasteiger partial charge in [-0.1, -0.05) is 12.1 Å². The molecule has 3 rings (SSSR count). The molecule has 1 heterocycles. The molecule has 0 aromatic heterocycles. The van der Waals surface area contributed by atoms with Crippen LogP contribution in [-0.2, 0) is 6.54 Å². The van der Waals surface area contributed by atoms with E-state index in [9.17, 15) is 18.4 Å². The summed E-state index contributed by atoms with van der Waals surface area (Å²) >= 11 is 0. The maximum absolute atomic E-state index is 12.3. The topological polar surface area (TPSA) is 83.4 Å². The van der Waals surface area contributed by atoms with E-state index in [1.165, 1.54) is 24.3 Å². The lowest BCUT2D eigenvalue weighted by Crippen LogP contribution is -2.17. The minimum absolute atomic E-state index is 0.147. The second-order valence-corrected chi connectivity index (χ2v) is 5.26. The summed E-state index contributed by atoms with van der Waals surface area (Å²) in [6, 6.07) is 9.37. The summed E-state index contributed by atoms with van der Waals surface area (Å²) in [5, 5.41) is 12.5. The minimum Gasteiger partial charge on any atom is -0.406 e. The number of ether oxygens (including phenoxy) is 1. The van der Waals surface area contributed by atoms with Crippen molar-refractivity contribution in [2.75, 3.05) is 11.9 Å². The highest BCUT2D eigenvalue weighted by Gasteiger charge is 2.31. The van der Waals surface area contributed by atoms with Gasteiger partial charge in [0.25, 0.3) is 0 Å². The maximum atomic E-state index is 12.3. The standard InChI is InChI=1S/C17H13F3N4O/c18-17(19,20)25-12-3-1-10(2-4-12)13-7-11(8-21)14(9-22)16-15(13)23-5-6-24-16/h1-4,6-7,23H,5,8,21H2. The molecule has 0 unspecified atom stereocenters. The van der Waals surface area contributed by atoms with Gasteiger partial charge >= 0.3 is 6.36 Å². The lowest BCUT2D eigenvalue weighted by molar-refractivity contribution is -0.274. The molecule has 0 radical (unpaired) electrons. The first-order chi connectivity index (χ1) is 11.9. The molecule has 2 aromatic carbocycles. The number of alkyl halides is 3. The molecule has 128 valence electrons. The number of aliphatic imine (C=N–C) groups is 1. The first-order valence-electron chi connectivity index (χ1n) is 7.35. The van der Waals surface area contributed by atoms with Crippen LogP contribution in [0.4, 0.5) is 24.5 Å². The van der Waals surface area contributed by atoms with Crippen LogP contribution in [0.5, 0.6) is 5.75 Å². The summed E-state index contributed by atoms with van der Waals surface area (Å²) < 4.78 is 40.7. The van der Waals surface area contributed by atoms with Gasteiger partial charge in [0.05, 0.1) is 17.8 Å². The van der Waals surface area contributed by atoms with Gasteiger partial charge in [-0.3, -0.25) is 4.99 Å². The summed E-state index contributed by atoms with van der Waals surface area (Å²) in [7, 11) is 0. The largest absolute Gasteiger partial charge is 0.573 e. The van der Waals surface area contributed by atoms with Crippen LogP contribution >= 0.6 is 0 Å². The van der Waals surface area contributed by atoms with E-state index in [1.54, 1.807) is 12.3 Å². The molecule has 0 saturated heterocycles. The van der Waals surface area contributed by atoms with Crippen molar-refractivity contribution < 1.29 is 17.9 Å². The third kappa shape index (κ3) is 3.41. The highest BCUT2D eigenvalue weighted by molar-refractivity contribution is 5.94. The molecule has 1 aliphatic heterocycles. The van der Waals surface area contributed by atoms with E-state index in [-0.39, 0.29) is 12.3 Å². The zero-order valence-corrected chi connectivity index (χ0v) is 12.9. The van der Waals surface area contributed by atoms with Gasteiger partial charge in [-0.05, 0) is 29.3 Å². The molecule has 3 N–H and O–H groups in total. The number of nitrogens with zero attached hydrogens (tertiary/aromatic N) is 2. The minimum atomic E-state index is -4.74. The van der Waals surface area contributed by atoms with Crippen LogP contribution in [-0.4, -0.2) is 19.1 Å². The quantitative estimate of drug-likeness (QED) is 0.887. The predicted octanol–water partition coefficient (Wildman–Crippen LogP) is 3.71. The summed E-state index contributed by atoms with van der Waals surface area (Å²) in [5.41, 5.74) is 9.26. The van der Waals surface area contributed by atoms with E-state index in [4.69, 9.17) is 5.73 Å². The summed E-state index contributed by atoms with van der Waals surface area (Å²) in [5.74, 6) is -0.302. The lowest BCUT2D eigenvalue weighted by atomic mass is 9.94. The number of fused-ring (bicyclic) bond motifs is 1. The molecular formula is C17H13F3N4O. The molecule has 5 nitrogen and oxygen atoms in total. The van der Waals surface area contributed by atoms with Crippen LogP contribution in [0.25, 0.3) is 11.1 Å². The number of nitrogens with two attached hydrogens (primary N) is 1. The molecule has 8 heteroatoms. The first kappa shape index (κ1) is 16.8. The molecule has 1 aliphatic rings. The fourth-order valence-electron chi connectivity index (χ4n) is 2.67. The van der Waals surface area contributed by atoms with Crippen molar-refractivity contribution in [3.05, 3.63) is 41.5 Å². The summed E-state index contributed by atoms with van der Waals surface area (Å²) in [6.45, 7) is 0.635. The number of anilines is 1. The van der Waals surface area contributed by atoms with Gasteiger partial charge in [0, 0.05) is 18.3 Å². The van der Waals surface area contributed by atoms with E-state index >= 15 is 0 Å². The van der Waals surface area contributed by atoms with E-state index in [1.807, 2.05) is 0 Å². The molecule has 2 aromatic rings. The SMILES string of the molecule is N#Cc1c(CN)cc(-c2ccc(OC(F)(F)F)cc2)c2c1N=CCN2. The Hall–Kier alpha value is -3.05. The molecule has 0 amide bonds. The van der Waals surface area contributed by atoms with Crippen LogP contribution in [0.2, 0.25) is 0 Å². The Morgan fingerprint density at radius 2 is 2.00 bits per heavy atom. The fourth-order valence-corrected chi connectivity index (χ4v) is 2.67. The highest BCUT2D eigenvalue weighted by atomic mass is 19.4. The van der Waals surface area contributed by atoms with Crippen LogP contribution in [0, 0.1) is 11.3 Å². The smallest absolute Gasteiger partial charge is 0.406 e. The zero-order chi connectivity index (χ0) is 18.0. The maximum Gasteiger partial charge on any atom is 0.573 e. The van der Waals surface area contributed by atoms with Crippen molar-refractivity contribution >= 4 is 17.6 Å². The number of benzene rings is 2. The Kier molecular flexibility index (Phi) is 4.33. The Morgan fingerprint density at radius 1 is 1.28 bits per heavy atom. The number of hydrogen-bond acceptors (Lipinski definition) is 5. The number of hydrogen-bond donors (Lipinski definition) is 2. The van der Waals surface area contributed by atoms with Crippen LogP contribution < -0.4 is 15.8 Å². The number of rotatable bonds is 3. The van der Waals surface area contributed by atoms with Gasteiger partial charge in [0.1, 0.15) is 17.5 Å². The Labute approximate surface area is 141 Å². The monoisotopic (exact) mass is 346 g/mol.